The Balaban J connectivity index is 1.93. The molecule has 0 radical (unpaired) electrons. The molecular weight excluding hydrogens is 342 g/mol. The van der Waals surface area contributed by atoms with Crippen LogP contribution in [0.15, 0.2) is 78.9 Å². The summed E-state index contributed by atoms with van der Waals surface area (Å²) in [5.74, 6) is 0.294. The van der Waals surface area contributed by atoms with Crippen LogP contribution < -0.4 is 0 Å². The third-order valence-corrected chi connectivity index (χ3v) is 4.26. The number of aromatic amines is 1. The highest BCUT2D eigenvalue weighted by molar-refractivity contribution is 5.82. The second kappa shape index (κ2) is 6.76. The van der Waals surface area contributed by atoms with Crippen LogP contribution in [0.1, 0.15) is 0 Å². The molecule has 0 fully saturated rings. The lowest BCUT2D eigenvalue weighted by Gasteiger charge is -2.02. The molecule has 0 saturated carbocycles. The Bertz CT molecular complexity index is 1050. The molecule has 0 saturated heterocycles. The highest BCUT2D eigenvalue weighted by Crippen LogP contribution is 2.36. The maximum atomic E-state index is 11.1. The molecule has 0 bridgehead atoms. The Kier molecular flexibility index (Phi) is 4.14. The van der Waals surface area contributed by atoms with Gasteiger partial charge in [0, 0.05) is 23.3 Å². The zero-order valence-electron chi connectivity index (χ0n) is 14.2. The summed E-state index contributed by atoms with van der Waals surface area (Å²) >= 11 is 0. The maximum absolute atomic E-state index is 11.1. The molecule has 0 spiro atoms. The van der Waals surface area contributed by atoms with Crippen LogP contribution in [-0.2, 0) is 0 Å². The highest BCUT2D eigenvalue weighted by atomic mass is 16.6. The molecular formula is C21H15N3O3. The van der Waals surface area contributed by atoms with Crippen molar-refractivity contribution in [2.24, 2.45) is 0 Å². The molecule has 1 aromatic heterocycles. The number of nitro benzene ring substituents is 1. The van der Waals surface area contributed by atoms with Crippen LogP contribution in [0.2, 0.25) is 0 Å². The molecule has 0 amide bonds. The Hall–Kier alpha value is -3.93. The van der Waals surface area contributed by atoms with E-state index in [-0.39, 0.29) is 17.0 Å². The van der Waals surface area contributed by atoms with Crippen LogP contribution in [0.25, 0.3) is 33.9 Å². The second-order valence-electron chi connectivity index (χ2n) is 6.00. The Labute approximate surface area is 154 Å². The minimum atomic E-state index is -0.498. The predicted octanol–water partition coefficient (Wildman–Crippen LogP) is 5.02. The molecule has 132 valence electrons. The fourth-order valence-corrected chi connectivity index (χ4v) is 2.95. The van der Waals surface area contributed by atoms with Crippen molar-refractivity contribution in [2.75, 3.05) is 0 Å². The van der Waals surface area contributed by atoms with Crippen molar-refractivity contribution in [1.29, 1.82) is 0 Å². The van der Waals surface area contributed by atoms with Gasteiger partial charge < -0.3 is 10.1 Å². The SMILES string of the molecule is O=[N+]([O-])c1ccc(O)c(-c2nc(-c3ccccc3)c(-c3ccccc3)[nH]2)c1. The number of nitro groups is 1. The summed E-state index contributed by atoms with van der Waals surface area (Å²) in [5.41, 5.74) is 3.50. The number of phenols is 1. The number of non-ortho nitro benzene ring substituents is 1. The molecule has 3 aromatic carbocycles. The molecule has 0 atom stereocenters. The van der Waals surface area contributed by atoms with Crippen LogP contribution in [0.5, 0.6) is 5.75 Å². The molecule has 0 aliphatic heterocycles. The van der Waals surface area contributed by atoms with Crippen molar-refractivity contribution in [1.82, 2.24) is 9.97 Å². The average Bonchev–Trinajstić information content (AvgIpc) is 3.15. The van der Waals surface area contributed by atoms with Gasteiger partial charge in [0.25, 0.3) is 5.69 Å². The summed E-state index contributed by atoms with van der Waals surface area (Å²) in [6, 6.07) is 23.2. The van der Waals surface area contributed by atoms with Gasteiger partial charge in [0.2, 0.25) is 0 Å². The van der Waals surface area contributed by atoms with E-state index in [0.29, 0.717) is 11.5 Å². The molecule has 0 aliphatic carbocycles. The van der Waals surface area contributed by atoms with Crippen LogP contribution >= 0.6 is 0 Å². The second-order valence-corrected chi connectivity index (χ2v) is 6.00. The first-order valence-corrected chi connectivity index (χ1v) is 8.32. The number of aromatic nitrogens is 2. The lowest BCUT2D eigenvalue weighted by molar-refractivity contribution is -0.384. The quantitative estimate of drug-likeness (QED) is 0.396. The van der Waals surface area contributed by atoms with Crippen LogP contribution in [0.4, 0.5) is 5.69 Å². The zero-order chi connectivity index (χ0) is 18.8. The van der Waals surface area contributed by atoms with Gasteiger partial charge in [-0.2, -0.15) is 0 Å². The van der Waals surface area contributed by atoms with Gasteiger partial charge in [-0.3, -0.25) is 10.1 Å². The largest absolute Gasteiger partial charge is 0.507 e. The van der Waals surface area contributed by atoms with E-state index in [1.54, 1.807) is 0 Å². The molecule has 1 heterocycles. The monoisotopic (exact) mass is 357 g/mol. The van der Waals surface area contributed by atoms with E-state index in [0.717, 1.165) is 16.8 Å². The first kappa shape index (κ1) is 16.5. The topological polar surface area (TPSA) is 92.1 Å². The number of benzene rings is 3. The van der Waals surface area contributed by atoms with Gasteiger partial charge >= 0.3 is 0 Å². The van der Waals surface area contributed by atoms with Crippen LogP contribution in [0, 0.1) is 10.1 Å². The maximum Gasteiger partial charge on any atom is 0.270 e. The standard InChI is InChI=1S/C21H15N3O3/c25-18-12-11-16(24(26)27)13-17(18)21-22-19(14-7-3-1-4-8-14)20(23-21)15-9-5-2-6-10-15/h1-13,25H,(H,22,23). The fraction of sp³-hybridized carbons (Fsp3) is 0. The van der Waals surface area contributed by atoms with Gasteiger partial charge in [0.1, 0.15) is 11.6 Å². The van der Waals surface area contributed by atoms with Crippen molar-refractivity contribution in [2.45, 2.75) is 0 Å². The van der Waals surface area contributed by atoms with Crippen LogP contribution in [-0.4, -0.2) is 20.0 Å². The van der Waals surface area contributed by atoms with Crippen LogP contribution in [0.3, 0.4) is 0 Å². The Morgan fingerprint density at radius 2 is 1.52 bits per heavy atom. The minimum Gasteiger partial charge on any atom is -0.507 e. The first-order valence-electron chi connectivity index (χ1n) is 8.32. The van der Waals surface area contributed by atoms with Gasteiger partial charge in [-0.15, -0.1) is 0 Å². The molecule has 6 heteroatoms. The summed E-state index contributed by atoms with van der Waals surface area (Å²) in [6.07, 6.45) is 0. The number of nitrogens with one attached hydrogen (secondary N) is 1. The lowest BCUT2D eigenvalue weighted by atomic mass is 10.1. The third kappa shape index (κ3) is 3.16. The van der Waals surface area contributed by atoms with Gasteiger partial charge in [-0.05, 0) is 6.07 Å². The first-order chi connectivity index (χ1) is 13.1. The van der Waals surface area contributed by atoms with Crippen molar-refractivity contribution in [3.05, 3.63) is 89.0 Å². The van der Waals surface area contributed by atoms with E-state index in [4.69, 9.17) is 0 Å². The number of imidazole rings is 1. The van der Waals surface area contributed by atoms with E-state index in [9.17, 15) is 15.2 Å². The normalized spacial score (nSPS) is 10.7. The zero-order valence-corrected chi connectivity index (χ0v) is 14.2. The summed E-state index contributed by atoms with van der Waals surface area (Å²) in [6.45, 7) is 0. The molecule has 4 aromatic rings. The predicted molar refractivity (Wildman–Crippen MR) is 103 cm³/mol. The number of phenolic OH excluding ortho intramolecular Hbond substituents is 1. The van der Waals surface area contributed by atoms with E-state index < -0.39 is 4.92 Å². The molecule has 0 aliphatic rings. The van der Waals surface area contributed by atoms with Crippen molar-refractivity contribution in [3.8, 4) is 39.7 Å². The summed E-state index contributed by atoms with van der Waals surface area (Å²) < 4.78 is 0. The molecule has 27 heavy (non-hydrogen) atoms. The van der Waals surface area contributed by atoms with Crippen molar-refractivity contribution >= 4 is 5.69 Å². The van der Waals surface area contributed by atoms with Gasteiger partial charge in [0.15, 0.2) is 0 Å². The van der Waals surface area contributed by atoms with Gasteiger partial charge in [-0.25, -0.2) is 4.98 Å². The Morgan fingerprint density at radius 3 is 2.15 bits per heavy atom. The van der Waals surface area contributed by atoms with Crippen molar-refractivity contribution < 1.29 is 10.0 Å². The smallest absolute Gasteiger partial charge is 0.270 e. The number of aromatic hydroxyl groups is 1. The van der Waals surface area contributed by atoms with E-state index in [1.807, 2.05) is 60.7 Å². The number of hydrogen-bond acceptors (Lipinski definition) is 4. The number of nitrogens with zero attached hydrogens (tertiary/aromatic N) is 2. The van der Waals surface area contributed by atoms with E-state index in [1.165, 1.54) is 18.2 Å². The number of hydrogen-bond donors (Lipinski definition) is 2. The number of H-pyrrole nitrogens is 1. The average molecular weight is 357 g/mol. The van der Waals surface area contributed by atoms with E-state index >= 15 is 0 Å². The number of rotatable bonds is 4. The molecule has 6 nitrogen and oxygen atoms in total. The lowest BCUT2D eigenvalue weighted by Crippen LogP contribution is -1.90. The fourth-order valence-electron chi connectivity index (χ4n) is 2.95. The minimum absolute atomic E-state index is 0.0754. The van der Waals surface area contributed by atoms with Gasteiger partial charge in [0.05, 0.1) is 21.9 Å². The van der Waals surface area contributed by atoms with Gasteiger partial charge in [-0.1, -0.05) is 60.7 Å². The molecule has 0 unspecified atom stereocenters. The molecule has 2 N–H and O–H groups in total. The van der Waals surface area contributed by atoms with Crippen molar-refractivity contribution in [3.63, 3.8) is 0 Å². The summed E-state index contributed by atoms with van der Waals surface area (Å²) in [7, 11) is 0. The molecule has 4 rings (SSSR count). The summed E-state index contributed by atoms with van der Waals surface area (Å²) in [4.78, 5) is 18.5. The highest BCUT2D eigenvalue weighted by Gasteiger charge is 2.19. The Morgan fingerprint density at radius 1 is 0.889 bits per heavy atom. The third-order valence-electron chi connectivity index (χ3n) is 4.26. The summed E-state index contributed by atoms with van der Waals surface area (Å²) in [5, 5.41) is 21.3. The van der Waals surface area contributed by atoms with E-state index in [2.05, 4.69) is 9.97 Å².